The number of H-pyrrole nitrogens is 1. The van der Waals surface area contributed by atoms with Crippen molar-refractivity contribution in [3.8, 4) is 11.4 Å². The van der Waals surface area contributed by atoms with Crippen LogP contribution in [0.15, 0.2) is 54.6 Å². The molecule has 5 aromatic rings. The molecule has 2 heterocycles. The van der Waals surface area contributed by atoms with E-state index in [4.69, 9.17) is 32.5 Å². The maximum absolute atomic E-state index is 13.5. The van der Waals surface area contributed by atoms with Crippen LogP contribution in [0.4, 0.5) is 22.2 Å². The molecule has 0 fully saturated rings. The Bertz CT molecular complexity index is 2570. The number of benzene rings is 3. The zero-order chi connectivity index (χ0) is 48.3. The molecule has 3 aromatic carbocycles. The molecule has 10 N–H and O–H groups in total. The van der Waals surface area contributed by atoms with Crippen molar-refractivity contribution in [1.82, 2.24) is 51.9 Å². The number of hydrogen-bond donors (Lipinski definition) is 8. The number of alkyl carbamates (subject to hydrolysis) is 1. The monoisotopic (exact) mass is 927 g/mol. The quantitative estimate of drug-likeness (QED) is 0.0457. The van der Waals surface area contributed by atoms with Crippen LogP contribution in [0.2, 0.25) is 5.02 Å². The maximum Gasteiger partial charge on any atom is 0.408 e. The van der Waals surface area contributed by atoms with Crippen molar-refractivity contribution in [2.45, 2.75) is 91.0 Å². The fourth-order valence-corrected chi connectivity index (χ4v) is 7.03. The predicted molar refractivity (Wildman–Crippen MR) is 246 cm³/mol. The van der Waals surface area contributed by atoms with Gasteiger partial charge in [-0.25, -0.2) is 14.6 Å². The summed E-state index contributed by atoms with van der Waals surface area (Å²) < 4.78 is 10.2. The number of halogens is 1. The molecule has 0 radical (unpaired) electrons. The number of fused-ring (bicyclic) bond motifs is 1. The first kappa shape index (κ1) is 49.6. The van der Waals surface area contributed by atoms with Gasteiger partial charge in [0, 0.05) is 23.4 Å². The lowest BCUT2D eigenvalue weighted by Crippen LogP contribution is -2.54. The van der Waals surface area contributed by atoms with Crippen LogP contribution in [0.5, 0.6) is 0 Å². The van der Waals surface area contributed by atoms with E-state index in [1.165, 1.54) is 32.2 Å². The first-order chi connectivity index (χ1) is 31.2. The number of esters is 1. The number of nitrogens with two attached hydrogens (primary N) is 2. The molecule has 0 saturated heterocycles. The number of nitrogen functional groups attached to an aromatic ring is 2. The van der Waals surface area contributed by atoms with Crippen LogP contribution in [0.3, 0.4) is 0 Å². The minimum absolute atomic E-state index is 0.0606. The Morgan fingerprint density at radius 1 is 0.864 bits per heavy atom. The van der Waals surface area contributed by atoms with E-state index in [-0.39, 0.29) is 59.7 Å². The number of carbonyl (C=O) groups excluding carboxylic acids is 6. The number of rotatable bonds is 18. The van der Waals surface area contributed by atoms with Crippen LogP contribution in [0.1, 0.15) is 86.2 Å². The minimum Gasteiger partial charge on any atom is -0.467 e. The largest absolute Gasteiger partial charge is 0.467 e. The third kappa shape index (κ3) is 13.3. The van der Waals surface area contributed by atoms with Crippen LogP contribution < -0.4 is 38.1 Å². The van der Waals surface area contributed by atoms with Crippen LogP contribution in [-0.4, -0.2) is 104 Å². The summed E-state index contributed by atoms with van der Waals surface area (Å²) in [6.07, 6.45) is 0.821. The van der Waals surface area contributed by atoms with Crippen molar-refractivity contribution >= 4 is 75.6 Å². The fraction of sp³-hybridized carbons (Fsp3) is 0.386. The van der Waals surface area contributed by atoms with Gasteiger partial charge in [-0.05, 0) is 112 Å². The van der Waals surface area contributed by atoms with Gasteiger partial charge < -0.3 is 47.5 Å². The summed E-state index contributed by atoms with van der Waals surface area (Å²) in [6.45, 7) is 10.2. The fourth-order valence-electron chi connectivity index (χ4n) is 6.67. The van der Waals surface area contributed by atoms with E-state index in [1.54, 1.807) is 52.8 Å². The second-order valence-corrected chi connectivity index (χ2v) is 17.0. The number of nitrogens with zero attached hydrogens (tertiary/aromatic N) is 5. The van der Waals surface area contributed by atoms with Crippen LogP contribution in [-0.2, 0) is 36.7 Å². The molecule has 2 aromatic heterocycles. The Hall–Kier alpha value is -7.42. The summed E-state index contributed by atoms with van der Waals surface area (Å²) in [5.74, 6) is -2.84. The molecule has 0 aliphatic heterocycles. The van der Waals surface area contributed by atoms with Crippen LogP contribution in [0, 0.1) is 5.92 Å². The zero-order valence-corrected chi connectivity index (χ0v) is 38.3. The third-order valence-electron chi connectivity index (χ3n) is 10.1. The lowest BCUT2D eigenvalue weighted by atomic mass is 10.0. The van der Waals surface area contributed by atoms with Crippen molar-refractivity contribution in [2.24, 2.45) is 5.92 Å². The van der Waals surface area contributed by atoms with E-state index in [0.717, 1.165) is 11.1 Å². The highest BCUT2D eigenvalue weighted by Crippen LogP contribution is 2.31. The Morgan fingerprint density at radius 3 is 2.24 bits per heavy atom. The highest BCUT2D eigenvalue weighted by Gasteiger charge is 2.29. The van der Waals surface area contributed by atoms with Crippen LogP contribution in [0.25, 0.3) is 22.3 Å². The maximum atomic E-state index is 13.5. The number of ether oxygens (including phenoxy) is 2. The summed E-state index contributed by atoms with van der Waals surface area (Å²) in [7, 11) is 1.22. The average molecular weight is 928 g/mol. The molecule has 5 rings (SSSR count). The van der Waals surface area contributed by atoms with Crippen molar-refractivity contribution in [1.29, 1.82) is 0 Å². The van der Waals surface area contributed by atoms with Gasteiger partial charge in [0.2, 0.25) is 23.6 Å². The zero-order valence-electron chi connectivity index (χ0n) is 37.6. The molecule has 0 unspecified atom stereocenters. The summed E-state index contributed by atoms with van der Waals surface area (Å²) in [4.78, 5) is 86.3. The van der Waals surface area contributed by atoms with E-state index in [0.29, 0.717) is 34.3 Å². The summed E-state index contributed by atoms with van der Waals surface area (Å²) in [5.41, 5.74) is 14.3. The molecular weight excluding hydrogens is 874 g/mol. The van der Waals surface area contributed by atoms with Crippen molar-refractivity contribution in [2.75, 3.05) is 30.4 Å². The number of hydrogen-bond acceptors (Lipinski definition) is 15. The first-order valence-electron chi connectivity index (χ1n) is 21.0. The smallest absolute Gasteiger partial charge is 0.408 e. The van der Waals surface area contributed by atoms with Gasteiger partial charge in [0.25, 0.3) is 11.8 Å². The van der Waals surface area contributed by atoms with E-state index < -0.39 is 59.4 Å². The average Bonchev–Trinajstić information content (AvgIpc) is 3.80. The first-order valence-corrected chi connectivity index (χ1v) is 21.4. The second-order valence-electron chi connectivity index (χ2n) is 16.6. The number of amides is 5. The number of nitrogens with one attached hydrogen (secondary N) is 6. The topological polar surface area (TPSA) is 313 Å². The number of carbonyl (C=O) groups is 6. The van der Waals surface area contributed by atoms with Gasteiger partial charge in [0.05, 0.1) is 28.6 Å². The lowest BCUT2D eigenvalue weighted by molar-refractivity contribution is -0.143. The number of anilines is 3. The molecule has 66 heavy (non-hydrogen) atoms. The van der Waals surface area contributed by atoms with Gasteiger partial charge in [-0.2, -0.15) is 10.2 Å². The summed E-state index contributed by atoms with van der Waals surface area (Å²) in [6, 6.07) is 12.0. The summed E-state index contributed by atoms with van der Waals surface area (Å²) >= 11 is 6.65. The van der Waals surface area contributed by atoms with Gasteiger partial charge in [0.1, 0.15) is 29.5 Å². The molecule has 22 heteroatoms. The molecule has 0 spiro atoms. The number of aromatic amines is 1. The van der Waals surface area contributed by atoms with Crippen LogP contribution >= 0.6 is 11.6 Å². The minimum atomic E-state index is -1.03. The molecule has 0 saturated carbocycles. The SMILES string of the molecule is COC(=O)[C@H](CCCNC(=O)c1ccc(NC(=O)[C@H](C)NC(=O)[C@@H](NC(=O)OC(C)(C)C)C(C)C)cc1-c1nn[nH]n1)NC(=O)c1ccc(CCc2ccc3nc(N)nc(N)c3c2Cl)cc1. The molecule has 5 amide bonds. The standard InChI is InChI=1S/C44H54ClN13O8/c1-22(2)34(53-43(64)66-44(4,5)6)40(62)49-23(3)37(59)50-27-17-18-28(29(21-27)36-55-57-58-56-36)39(61)48-20-8-9-31(41(63)65-7)51-38(60)26-14-11-24(12-15-26)10-13-25-16-19-30-32(33(25)45)35(46)54-42(47)52-30/h11-12,14-19,21-23,31,34H,8-10,13,20H2,1-7H3,(H,48,61)(H,49,62)(H,50,59)(H,51,60)(H,53,64)(H4,46,47,52,54)(H,55,56,57,58)/t23-,31-,34-/m0/s1. The predicted octanol–water partition coefficient (Wildman–Crippen LogP) is 3.89. The van der Waals surface area contributed by atoms with Gasteiger partial charge in [-0.3, -0.25) is 19.2 Å². The third-order valence-corrected chi connectivity index (χ3v) is 10.5. The Labute approximate surface area is 385 Å². The van der Waals surface area contributed by atoms with Gasteiger partial charge >= 0.3 is 12.1 Å². The Morgan fingerprint density at radius 2 is 1.59 bits per heavy atom. The Balaban J connectivity index is 1.14. The lowest BCUT2D eigenvalue weighted by Gasteiger charge is -2.26. The molecule has 0 aliphatic rings. The number of tetrazole rings is 1. The van der Waals surface area contributed by atoms with Gasteiger partial charge in [0.15, 0.2) is 0 Å². The Kier molecular flexibility index (Phi) is 16.5. The van der Waals surface area contributed by atoms with E-state index in [2.05, 4.69) is 57.2 Å². The van der Waals surface area contributed by atoms with Crippen molar-refractivity contribution < 1.29 is 38.2 Å². The van der Waals surface area contributed by atoms with Gasteiger partial charge in [-0.15, -0.1) is 10.2 Å². The van der Waals surface area contributed by atoms with E-state index >= 15 is 0 Å². The number of aryl methyl sites for hydroxylation is 2. The molecule has 0 bridgehead atoms. The molecule has 21 nitrogen and oxygen atoms in total. The number of methoxy groups -OCH3 is 1. The second kappa shape index (κ2) is 22.0. The normalized spacial score (nSPS) is 12.7. The molecule has 350 valence electrons. The van der Waals surface area contributed by atoms with E-state index in [1.807, 2.05) is 18.2 Å². The molecule has 0 aliphatic carbocycles. The molecular formula is C44H54ClN13O8. The van der Waals surface area contributed by atoms with Gasteiger partial charge in [-0.1, -0.05) is 43.6 Å². The highest BCUT2D eigenvalue weighted by atomic mass is 35.5. The van der Waals surface area contributed by atoms with Crippen molar-refractivity contribution in [3.05, 3.63) is 81.9 Å². The van der Waals surface area contributed by atoms with Crippen molar-refractivity contribution in [3.63, 3.8) is 0 Å². The summed E-state index contributed by atoms with van der Waals surface area (Å²) in [5, 5.41) is 28.3. The van der Waals surface area contributed by atoms with E-state index in [9.17, 15) is 28.8 Å². The molecule has 3 atom stereocenters. The highest BCUT2D eigenvalue weighted by molar-refractivity contribution is 6.37. The number of aromatic nitrogens is 6.